The molecule has 0 aromatic heterocycles. The van der Waals surface area contributed by atoms with Crippen LogP contribution in [-0.2, 0) is 0 Å². The molecule has 4 fully saturated rings. The lowest BCUT2D eigenvalue weighted by Gasteiger charge is -2.57. The number of hydrogen-bond donors (Lipinski definition) is 1. The molecule has 4 aliphatic carbocycles. The van der Waals surface area contributed by atoms with Gasteiger partial charge in [0, 0.05) is 6.61 Å². The molecule has 4 saturated carbocycles. The Hall–Kier alpha value is -0.0400. The largest absolute Gasteiger partial charge is 0.396 e. The Morgan fingerprint density at radius 1 is 0.812 bits per heavy atom. The van der Waals surface area contributed by atoms with Gasteiger partial charge in [0.05, 0.1) is 0 Å². The second-order valence-corrected chi connectivity index (χ2v) is 6.86. The van der Waals surface area contributed by atoms with E-state index in [4.69, 9.17) is 0 Å². The van der Waals surface area contributed by atoms with Gasteiger partial charge in [0.15, 0.2) is 0 Å². The van der Waals surface area contributed by atoms with E-state index >= 15 is 0 Å². The maximum atomic E-state index is 9.56. The standard InChI is InChI=1S/C15H26O/c16-12-14-6-9-15(10-7-14,11-8-14)13-4-2-1-3-5-13/h13,16H,1-12H2. The van der Waals surface area contributed by atoms with Gasteiger partial charge in [0.2, 0.25) is 0 Å². The van der Waals surface area contributed by atoms with Crippen LogP contribution < -0.4 is 0 Å². The van der Waals surface area contributed by atoms with Crippen LogP contribution >= 0.6 is 0 Å². The van der Waals surface area contributed by atoms with Crippen LogP contribution in [-0.4, -0.2) is 11.7 Å². The molecule has 92 valence electrons. The monoisotopic (exact) mass is 222 g/mol. The van der Waals surface area contributed by atoms with Crippen molar-refractivity contribution in [2.45, 2.75) is 70.6 Å². The normalized spacial score (nSPS) is 44.8. The average Bonchev–Trinajstić information content (AvgIpc) is 2.42. The van der Waals surface area contributed by atoms with Gasteiger partial charge in [-0.25, -0.2) is 0 Å². The van der Waals surface area contributed by atoms with Crippen LogP contribution in [0, 0.1) is 16.7 Å². The van der Waals surface area contributed by atoms with Gasteiger partial charge >= 0.3 is 0 Å². The minimum Gasteiger partial charge on any atom is -0.396 e. The maximum absolute atomic E-state index is 9.56. The highest BCUT2D eigenvalue weighted by Gasteiger charge is 2.51. The molecule has 0 amide bonds. The first-order valence-corrected chi connectivity index (χ1v) is 7.40. The first-order valence-electron chi connectivity index (χ1n) is 7.40. The van der Waals surface area contributed by atoms with E-state index in [0.717, 1.165) is 11.3 Å². The highest BCUT2D eigenvalue weighted by atomic mass is 16.3. The summed E-state index contributed by atoms with van der Waals surface area (Å²) < 4.78 is 0. The molecule has 0 unspecified atom stereocenters. The van der Waals surface area contributed by atoms with Crippen molar-refractivity contribution in [2.24, 2.45) is 16.7 Å². The van der Waals surface area contributed by atoms with E-state index in [-0.39, 0.29) is 0 Å². The van der Waals surface area contributed by atoms with E-state index in [0.29, 0.717) is 12.0 Å². The molecule has 1 N–H and O–H groups in total. The van der Waals surface area contributed by atoms with Gasteiger partial charge in [-0.2, -0.15) is 0 Å². The van der Waals surface area contributed by atoms with Gasteiger partial charge in [-0.1, -0.05) is 19.3 Å². The molecule has 0 aliphatic heterocycles. The lowest BCUT2D eigenvalue weighted by atomic mass is 9.49. The van der Waals surface area contributed by atoms with Crippen LogP contribution in [0.5, 0.6) is 0 Å². The third-order valence-electron chi connectivity index (χ3n) is 6.27. The van der Waals surface area contributed by atoms with Crippen molar-refractivity contribution in [1.29, 1.82) is 0 Å². The summed E-state index contributed by atoms with van der Waals surface area (Å²) in [7, 11) is 0. The molecule has 0 aromatic carbocycles. The van der Waals surface area contributed by atoms with E-state index in [2.05, 4.69) is 0 Å². The summed E-state index contributed by atoms with van der Waals surface area (Å²) in [5.41, 5.74) is 1.08. The first kappa shape index (κ1) is 11.1. The molecule has 0 saturated heterocycles. The molecule has 2 bridgehead atoms. The summed E-state index contributed by atoms with van der Waals surface area (Å²) in [5.74, 6) is 1.04. The summed E-state index contributed by atoms with van der Waals surface area (Å²) in [6.45, 7) is 0.452. The van der Waals surface area contributed by atoms with E-state index in [9.17, 15) is 5.11 Å². The predicted molar refractivity (Wildman–Crippen MR) is 66.2 cm³/mol. The molecule has 0 atom stereocenters. The van der Waals surface area contributed by atoms with Gasteiger partial charge in [0.25, 0.3) is 0 Å². The van der Waals surface area contributed by atoms with Crippen molar-refractivity contribution in [1.82, 2.24) is 0 Å². The van der Waals surface area contributed by atoms with Gasteiger partial charge in [-0.3, -0.25) is 0 Å². The molecule has 0 radical (unpaired) electrons. The number of fused-ring (bicyclic) bond motifs is 3. The van der Waals surface area contributed by atoms with Gasteiger partial charge in [-0.15, -0.1) is 0 Å². The molecular weight excluding hydrogens is 196 g/mol. The van der Waals surface area contributed by atoms with Crippen molar-refractivity contribution in [3.05, 3.63) is 0 Å². The molecule has 4 aliphatic rings. The second kappa shape index (κ2) is 4.01. The molecule has 1 heteroatoms. The first-order chi connectivity index (χ1) is 7.79. The fraction of sp³-hybridized carbons (Fsp3) is 1.00. The average molecular weight is 222 g/mol. The Kier molecular flexibility index (Phi) is 2.78. The molecule has 0 heterocycles. The molecule has 1 nitrogen and oxygen atoms in total. The van der Waals surface area contributed by atoms with Crippen LogP contribution in [0.2, 0.25) is 0 Å². The summed E-state index contributed by atoms with van der Waals surface area (Å²) in [4.78, 5) is 0. The number of aliphatic hydroxyl groups excluding tert-OH is 1. The molecule has 16 heavy (non-hydrogen) atoms. The van der Waals surface area contributed by atoms with Crippen LogP contribution in [0.4, 0.5) is 0 Å². The zero-order valence-electron chi connectivity index (χ0n) is 10.5. The number of hydrogen-bond acceptors (Lipinski definition) is 1. The van der Waals surface area contributed by atoms with Gasteiger partial charge in [-0.05, 0) is 68.1 Å². The topological polar surface area (TPSA) is 20.2 Å². The highest BCUT2D eigenvalue weighted by molar-refractivity contribution is 5.02. The Labute approximate surface area is 99.6 Å². The summed E-state index contributed by atoms with van der Waals surface area (Å²) in [6, 6.07) is 0. The molecule has 0 aromatic rings. The van der Waals surface area contributed by atoms with Crippen molar-refractivity contribution < 1.29 is 5.11 Å². The van der Waals surface area contributed by atoms with Gasteiger partial charge in [0.1, 0.15) is 0 Å². The minimum absolute atomic E-state index is 0.358. The lowest BCUT2D eigenvalue weighted by Crippen LogP contribution is -2.47. The highest BCUT2D eigenvalue weighted by Crippen LogP contribution is 2.61. The van der Waals surface area contributed by atoms with Crippen molar-refractivity contribution in [3.8, 4) is 0 Å². The third-order valence-corrected chi connectivity index (χ3v) is 6.27. The van der Waals surface area contributed by atoms with Crippen molar-refractivity contribution in [3.63, 3.8) is 0 Å². The summed E-state index contributed by atoms with van der Waals surface area (Å²) >= 11 is 0. The zero-order chi connectivity index (χ0) is 11.1. The Morgan fingerprint density at radius 2 is 1.38 bits per heavy atom. The number of rotatable bonds is 2. The number of aliphatic hydroxyl groups is 1. The minimum atomic E-state index is 0.358. The van der Waals surface area contributed by atoms with E-state index in [1.807, 2.05) is 0 Å². The molecular formula is C15H26O. The predicted octanol–water partition coefficient (Wildman–Crippen LogP) is 3.90. The van der Waals surface area contributed by atoms with E-state index in [1.54, 1.807) is 0 Å². The van der Waals surface area contributed by atoms with E-state index in [1.165, 1.54) is 70.6 Å². The van der Waals surface area contributed by atoms with Crippen LogP contribution in [0.1, 0.15) is 70.6 Å². The molecule has 0 spiro atoms. The smallest absolute Gasteiger partial charge is 0.0487 e. The summed E-state index contributed by atoms with van der Waals surface area (Å²) in [5, 5.41) is 9.56. The lowest BCUT2D eigenvalue weighted by molar-refractivity contribution is -0.0786. The Bertz CT molecular complexity index is 228. The van der Waals surface area contributed by atoms with Crippen LogP contribution in [0.15, 0.2) is 0 Å². The van der Waals surface area contributed by atoms with Crippen molar-refractivity contribution >= 4 is 0 Å². The third kappa shape index (κ3) is 1.63. The molecule has 4 rings (SSSR count). The van der Waals surface area contributed by atoms with Crippen molar-refractivity contribution in [2.75, 3.05) is 6.61 Å². The quantitative estimate of drug-likeness (QED) is 0.751. The summed E-state index contributed by atoms with van der Waals surface area (Å²) in [6.07, 6.45) is 15.7. The Balaban J connectivity index is 1.72. The van der Waals surface area contributed by atoms with Crippen LogP contribution in [0.25, 0.3) is 0 Å². The fourth-order valence-corrected chi connectivity index (χ4v) is 4.86. The maximum Gasteiger partial charge on any atom is 0.0487 e. The zero-order valence-corrected chi connectivity index (χ0v) is 10.5. The SMILES string of the molecule is OCC12CCC(C3CCCCC3)(CC1)CC2. The second-order valence-electron chi connectivity index (χ2n) is 6.86. The Morgan fingerprint density at radius 3 is 1.88 bits per heavy atom. The fourth-order valence-electron chi connectivity index (χ4n) is 4.86. The van der Waals surface area contributed by atoms with Crippen LogP contribution in [0.3, 0.4) is 0 Å². The van der Waals surface area contributed by atoms with E-state index < -0.39 is 0 Å². The van der Waals surface area contributed by atoms with Gasteiger partial charge < -0.3 is 5.11 Å².